The summed E-state index contributed by atoms with van der Waals surface area (Å²) in [6, 6.07) is 6.01. The Morgan fingerprint density at radius 3 is 2.48 bits per heavy atom. The van der Waals surface area contributed by atoms with Crippen molar-refractivity contribution in [1.82, 2.24) is 10.4 Å². The highest BCUT2D eigenvalue weighted by Gasteiger charge is 2.04. The van der Waals surface area contributed by atoms with Crippen molar-refractivity contribution in [3.05, 3.63) is 42.1 Å². The summed E-state index contributed by atoms with van der Waals surface area (Å²) in [5.74, 6) is 3.63. The number of hydrogen-bond donors (Lipinski definition) is 5. The number of fused-ring (bicyclic) bond motifs is 1. The molecular weight excluding hydrogens is 302 g/mol. The molecule has 8 heteroatoms. The number of nitrogens with one attached hydrogen (secondary N) is 2. The zero-order valence-corrected chi connectivity index (χ0v) is 12.6. The first-order chi connectivity index (χ1) is 11.0. The monoisotopic (exact) mass is 321 g/mol. The molecule has 0 saturated heterocycles. The topological polar surface area (TPSA) is 138 Å². The van der Waals surface area contributed by atoms with Gasteiger partial charge in [-0.1, -0.05) is 0 Å². The van der Waals surface area contributed by atoms with Crippen LogP contribution in [0.15, 0.2) is 36.5 Å². The summed E-state index contributed by atoms with van der Waals surface area (Å²) < 4.78 is 5.20. The van der Waals surface area contributed by atoms with E-state index in [1.165, 1.54) is 10.9 Å². The number of carboxylic acids is 2. The minimum Gasteiger partial charge on any atom is -0.497 e. The summed E-state index contributed by atoms with van der Waals surface area (Å²) in [4.78, 5) is 22.3. The van der Waals surface area contributed by atoms with Gasteiger partial charge in [-0.2, -0.15) is 0 Å². The van der Waals surface area contributed by atoms with Crippen molar-refractivity contribution in [3.63, 3.8) is 0 Å². The number of methoxy groups -OCH3 is 1. The number of nitrogens with two attached hydrogens (primary N) is 1. The largest absolute Gasteiger partial charge is 0.497 e. The lowest BCUT2D eigenvalue weighted by molar-refractivity contribution is -0.134. The molecule has 6 N–H and O–H groups in total. The maximum absolute atomic E-state index is 9.55. The Balaban J connectivity index is 0.000000284. The first-order valence-corrected chi connectivity index (χ1v) is 6.69. The molecule has 0 aliphatic heterocycles. The number of ether oxygens (including phenoxy) is 1. The Kier molecular flexibility index (Phi) is 7.31. The number of benzene rings is 1. The molecule has 8 nitrogen and oxygen atoms in total. The van der Waals surface area contributed by atoms with Crippen LogP contribution in [0, 0.1) is 0 Å². The van der Waals surface area contributed by atoms with Gasteiger partial charge in [-0.05, 0) is 30.2 Å². The number of rotatable bonds is 6. The second-order valence-electron chi connectivity index (χ2n) is 4.44. The number of H-pyrrole nitrogens is 1. The molecular formula is C15H19N3O5. The number of aromatic nitrogens is 1. The Morgan fingerprint density at radius 1 is 1.30 bits per heavy atom. The molecule has 2 rings (SSSR count). The number of aromatic amines is 1. The van der Waals surface area contributed by atoms with Crippen LogP contribution < -0.4 is 16.0 Å². The fraction of sp³-hybridized carbons (Fsp3) is 0.200. The lowest BCUT2D eigenvalue weighted by atomic mass is 10.1. The van der Waals surface area contributed by atoms with Crippen LogP contribution in [0.4, 0.5) is 0 Å². The van der Waals surface area contributed by atoms with Gasteiger partial charge in [0.15, 0.2) is 0 Å². The molecule has 0 amide bonds. The Labute approximate surface area is 132 Å². The van der Waals surface area contributed by atoms with Crippen molar-refractivity contribution in [1.29, 1.82) is 0 Å². The van der Waals surface area contributed by atoms with Gasteiger partial charge in [-0.15, -0.1) is 0 Å². The van der Waals surface area contributed by atoms with Crippen LogP contribution in [0.25, 0.3) is 10.9 Å². The predicted octanol–water partition coefficient (Wildman–Crippen LogP) is 0.894. The van der Waals surface area contributed by atoms with E-state index in [0.29, 0.717) is 12.2 Å². The standard InChI is InChI=1S/C11H15N3O.C4H4O4/c1-15-9-2-3-11-10(6-9)8(7-13-11)4-5-14-12;5-3(6)1-2-4(7)8/h2-3,6-7,13-14H,4-5,12H2,1H3;1-2H,(H,5,6)(H,7,8). The molecule has 0 unspecified atom stereocenters. The molecule has 2 aromatic rings. The summed E-state index contributed by atoms with van der Waals surface area (Å²) >= 11 is 0. The SMILES string of the molecule is COc1ccc2[nH]cc(CCNN)c2c1.O=C(O)C=CC(=O)O. The van der Waals surface area contributed by atoms with Crippen molar-refractivity contribution in [2.24, 2.45) is 5.84 Å². The molecule has 1 aromatic heterocycles. The van der Waals surface area contributed by atoms with Gasteiger partial charge < -0.3 is 19.9 Å². The first kappa shape index (κ1) is 18.2. The van der Waals surface area contributed by atoms with Crippen LogP contribution in [-0.4, -0.2) is 40.8 Å². The van der Waals surface area contributed by atoms with E-state index in [0.717, 1.165) is 24.2 Å². The number of aliphatic carboxylic acids is 2. The van der Waals surface area contributed by atoms with Crippen LogP contribution in [0.1, 0.15) is 5.56 Å². The summed E-state index contributed by atoms with van der Waals surface area (Å²) in [6.07, 6.45) is 4.04. The lowest BCUT2D eigenvalue weighted by Crippen LogP contribution is -2.24. The quantitative estimate of drug-likeness (QED) is 0.302. The van der Waals surface area contributed by atoms with E-state index in [1.54, 1.807) is 7.11 Å². The zero-order valence-electron chi connectivity index (χ0n) is 12.6. The Bertz CT molecular complexity index is 677. The number of carboxylic acid groups (broad SMARTS) is 2. The summed E-state index contributed by atoms with van der Waals surface area (Å²) in [6.45, 7) is 0.768. The number of carbonyl (C=O) groups is 2. The van der Waals surface area contributed by atoms with Crippen molar-refractivity contribution in [2.75, 3.05) is 13.7 Å². The number of hydrogen-bond acceptors (Lipinski definition) is 5. The maximum atomic E-state index is 9.55. The molecule has 0 atom stereocenters. The van der Waals surface area contributed by atoms with Crippen LogP contribution in [0.3, 0.4) is 0 Å². The van der Waals surface area contributed by atoms with Crippen LogP contribution in [-0.2, 0) is 16.0 Å². The predicted molar refractivity (Wildman–Crippen MR) is 85.2 cm³/mol. The summed E-state index contributed by atoms with van der Waals surface area (Å²) in [5.41, 5.74) is 5.03. The van der Waals surface area contributed by atoms with Crippen molar-refractivity contribution >= 4 is 22.8 Å². The van der Waals surface area contributed by atoms with Gasteiger partial charge in [-0.25, -0.2) is 9.59 Å². The van der Waals surface area contributed by atoms with E-state index < -0.39 is 11.9 Å². The van der Waals surface area contributed by atoms with E-state index in [1.807, 2.05) is 24.4 Å². The minimum absolute atomic E-state index is 0.558. The highest BCUT2D eigenvalue weighted by atomic mass is 16.5. The summed E-state index contributed by atoms with van der Waals surface area (Å²) in [5, 5.41) is 16.8. The first-order valence-electron chi connectivity index (χ1n) is 6.69. The second-order valence-corrected chi connectivity index (χ2v) is 4.44. The highest BCUT2D eigenvalue weighted by molar-refractivity contribution is 5.89. The van der Waals surface area contributed by atoms with Gasteiger partial charge in [0.05, 0.1) is 7.11 Å². The molecule has 0 radical (unpaired) electrons. The van der Waals surface area contributed by atoms with Gasteiger partial charge in [-0.3, -0.25) is 11.3 Å². The van der Waals surface area contributed by atoms with E-state index in [-0.39, 0.29) is 0 Å². The van der Waals surface area contributed by atoms with Crippen LogP contribution >= 0.6 is 0 Å². The second kappa shape index (κ2) is 9.23. The van der Waals surface area contributed by atoms with Crippen molar-refractivity contribution in [3.8, 4) is 5.75 Å². The third kappa shape index (κ3) is 6.20. The summed E-state index contributed by atoms with van der Waals surface area (Å²) in [7, 11) is 1.68. The molecule has 0 bridgehead atoms. The third-order valence-corrected chi connectivity index (χ3v) is 2.88. The minimum atomic E-state index is -1.26. The highest BCUT2D eigenvalue weighted by Crippen LogP contribution is 2.23. The molecule has 0 saturated carbocycles. The third-order valence-electron chi connectivity index (χ3n) is 2.88. The fourth-order valence-electron chi connectivity index (χ4n) is 1.84. The van der Waals surface area contributed by atoms with E-state index in [2.05, 4.69) is 10.4 Å². The van der Waals surface area contributed by atoms with Gasteiger partial charge in [0.25, 0.3) is 0 Å². The zero-order chi connectivity index (χ0) is 17.2. The molecule has 0 aliphatic rings. The normalized spacial score (nSPS) is 10.3. The maximum Gasteiger partial charge on any atom is 0.328 e. The fourth-order valence-corrected chi connectivity index (χ4v) is 1.84. The van der Waals surface area contributed by atoms with Gasteiger partial charge in [0.1, 0.15) is 5.75 Å². The molecule has 1 aromatic carbocycles. The average Bonchev–Trinajstić information content (AvgIpc) is 2.93. The number of hydrazine groups is 1. The Morgan fingerprint density at radius 2 is 1.96 bits per heavy atom. The Hall–Kier alpha value is -2.84. The van der Waals surface area contributed by atoms with Gasteiger partial charge in [0.2, 0.25) is 0 Å². The van der Waals surface area contributed by atoms with Crippen LogP contribution in [0.2, 0.25) is 0 Å². The molecule has 0 aliphatic carbocycles. The molecule has 23 heavy (non-hydrogen) atoms. The van der Waals surface area contributed by atoms with Gasteiger partial charge >= 0.3 is 11.9 Å². The molecule has 124 valence electrons. The smallest absolute Gasteiger partial charge is 0.328 e. The molecule has 0 spiro atoms. The van der Waals surface area contributed by atoms with Gasteiger partial charge in [0, 0.05) is 35.8 Å². The van der Waals surface area contributed by atoms with Crippen LogP contribution in [0.5, 0.6) is 5.75 Å². The molecule has 0 fully saturated rings. The van der Waals surface area contributed by atoms with Crippen molar-refractivity contribution < 1.29 is 24.5 Å². The average molecular weight is 321 g/mol. The van der Waals surface area contributed by atoms with Crippen molar-refractivity contribution in [2.45, 2.75) is 6.42 Å². The van der Waals surface area contributed by atoms with E-state index >= 15 is 0 Å². The lowest BCUT2D eigenvalue weighted by Gasteiger charge is -2.01. The van der Waals surface area contributed by atoms with E-state index in [4.69, 9.17) is 20.8 Å². The van der Waals surface area contributed by atoms with E-state index in [9.17, 15) is 9.59 Å². The molecule has 1 heterocycles.